The number of carbonyl (C=O) groups excluding carboxylic acids is 1. The third-order valence-electron chi connectivity index (χ3n) is 3.92. The lowest BCUT2D eigenvalue weighted by molar-refractivity contribution is -0.117. The molecule has 0 unspecified atom stereocenters. The molecule has 1 atom stereocenters. The molecule has 0 saturated heterocycles. The van der Waals surface area contributed by atoms with Gasteiger partial charge in [0.2, 0.25) is 0 Å². The van der Waals surface area contributed by atoms with Crippen LogP contribution in [0.2, 0.25) is 0 Å². The summed E-state index contributed by atoms with van der Waals surface area (Å²) in [7, 11) is 0. The van der Waals surface area contributed by atoms with E-state index in [1.54, 1.807) is 18.2 Å². The monoisotopic (exact) mass is 386 g/mol. The van der Waals surface area contributed by atoms with Crippen molar-refractivity contribution in [1.82, 2.24) is 0 Å². The fraction of sp³-hybridized carbons (Fsp3) is 0.158. The molecule has 1 N–H and O–H groups in total. The van der Waals surface area contributed by atoms with Crippen LogP contribution in [-0.4, -0.2) is 10.9 Å². The van der Waals surface area contributed by atoms with Gasteiger partial charge < -0.3 is 9.52 Å². The standard InChI is InChI=1S/C19H15BrO4/c1-11(21)9-14(12-5-3-2-4-6-12)17-18(22)15-10-13(20)7-8-16(15)24-19(17)23/h2-8,10,14,22H,9H2,1H3/t14-/m0/s1. The molecule has 122 valence electrons. The molecule has 0 aliphatic rings. The van der Waals surface area contributed by atoms with E-state index in [1.165, 1.54) is 6.92 Å². The van der Waals surface area contributed by atoms with Crippen LogP contribution in [0.25, 0.3) is 11.0 Å². The average molecular weight is 387 g/mol. The van der Waals surface area contributed by atoms with Gasteiger partial charge in [-0.3, -0.25) is 4.79 Å². The van der Waals surface area contributed by atoms with Gasteiger partial charge in [-0.25, -0.2) is 4.79 Å². The first-order valence-electron chi connectivity index (χ1n) is 7.47. The summed E-state index contributed by atoms with van der Waals surface area (Å²) in [4.78, 5) is 24.2. The highest BCUT2D eigenvalue weighted by Gasteiger charge is 2.25. The van der Waals surface area contributed by atoms with Gasteiger partial charge in [0, 0.05) is 16.8 Å². The molecule has 0 fully saturated rings. The number of benzene rings is 2. The molecule has 0 aliphatic heterocycles. The lowest BCUT2D eigenvalue weighted by Gasteiger charge is -2.17. The number of hydrogen-bond donors (Lipinski definition) is 1. The maximum absolute atomic E-state index is 12.5. The van der Waals surface area contributed by atoms with Crippen molar-refractivity contribution in [2.75, 3.05) is 0 Å². The van der Waals surface area contributed by atoms with Gasteiger partial charge in [0.25, 0.3) is 0 Å². The quantitative estimate of drug-likeness (QED) is 0.675. The molecule has 0 aliphatic carbocycles. The van der Waals surface area contributed by atoms with Gasteiger partial charge in [0.1, 0.15) is 17.1 Å². The third kappa shape index (κ3) is 3.12. The maximum Gasteiger partial charge on any atom is 0.343 e. The molecule has 0 saturated carbocycles. The number of hydrogen-bond acceptors (Lipinski definition) is 4. The Morgan fingerprint density at radius 2 is 1.92 bits per heavy atom. The number of halogens is 1. The summed E-state index contributed by atoms with van der Waals surface area (Å²) in [6.45, 7) is 1.46. The zero-order chi connectivity index (χ0) is 17.3. The molecule has 4 nitrogen and oxygen atoms in total. The van der Waals surface area contributed by atoms with Crippen LogP contribution in [0, 0.1) is 0 Å². The smallest absolute Gasteiger partial charge is 0.343 e. The Morgan fingerprint density at radius 3 is 2.58 bits per heavy atom. The van der Waals surface area contributed by atoms with Crippen molar-refractivity contribution < 1.29 is 14.3 Å². The van der Waals surface area contributed by atoms with Crippen LogP contribution in [-0.2, 0) is 4.79 Å². The van der Waals surface area contributed by atoms with Crippen LogP contribution >= 0.6 is 15.9 Å². The van der Waals surface area contributed by atoms with Crippen molar-refractivity contribution in [3.63, 3.8) is 0 Å². The van der Waals surface area contributed by atoms with Gasteiger partial charge in [0.05, 0.1) is 10.9 Å². The predicted molar refractivity (Wildman–Crippen MR) is 95.4 cm³/mol. The predicted octanol–water partition coefficient (Wildman–Crippen LogP) is 4.37. The lowest BCUT2D eigenvalue weighted by Crippen LogP contribution is -2.16. The van der Waals surface area contributed by atoms with Crippen molar-refractivity contribution >= 4 is 32.7 Å². The fourth-order valence-electron chi connectivity index (χ4n) is 2.84. The molecule has 0 radical (unpaired) electrons. The molecular formula is C19H15BrO4. The minimum absolute atomic E-state index is 0.0722. The Bertz CT molecular complexity index is 960. The van der Waals surface area contributed by atoms with E-state index in [0.29, 0.717) is 11.0 Å². The molecule has 0 bridgehead atoms. The van der Waals surface area contributed by atoms with Gasteiger partial charge in [0.15, 0.2) is 0 Å². The fourth-order valence-corrected chi connectivity index (χ4v) is 3.20. The molecule has 24 heavy (non-hydrogen) atoms. The topological polar surface area (TPSA) is 67.5 Å². The number of Topliss-reactive ketones (excluding diaryl/α,β-unsaturated/α-hetero) is 1. The van der Waals surface area contributed by atoms with Crippen molar-refractivity contribution in [2.45, 2.75) is 19.3 Å². The minimum atomic E-state index is -0.627. The van der Waals surface area contributed by atoms with Crippen molar-refractivity contribution in [3.05, 3.63) is 74.6 Å². The molecule has 0 spiro atoms. The van der Waals surface area contributed by atoms with E-state index in [-0.39, 0.29) is 23.5 Å². The molecule has 1 aromatic heterocycles. The largest absolute Gasteiger partial charge is 0.507 e. The number of carbonyl (C=O) groups is 1. The molecule has 2 aromatic carbocycles. The van der Waals surface area contributed by atoms with E-state index in [0.717, 1.165) is 10.0 Å². The molecule has 0 amide bonds. The molecule has 3 rings (SSSR count). The third-order valence-corrected chi connectivity index (χ3v) is 4.41. The van der Waals surface area contributed by atoms with Crippen LogP contribution in [0.4, 0.5) is 0 Å². The normalized spacial score (nSPS) is 12.2. The Labute approximate surface area is 146 Å². The van der Waals surface area contributed by atoms with Gasteiger partial charge >= 0.3 is 5.63 Å². The van der Waals surface area contributed by atoms with E-state index in [1.807, 2.05) is 30.3 Å². The van der Waals surface area contributed by atoms with Crippen LogP contribution in [0.3, 0.4) is 0 Å². The molecule has 5 heteroatoms. The van der Waals surface area contributed by atoms with Gasteiger partial charge in [-0.15, -0.1) is 0 Å². The second-order valence-electron chi connectivity index (χ2n) is 5.66. The average Bonchev–Trinajstić information content (AvgIpc) is 2.55. The second-order valence-corrected chi connectivity index (χ2v) is 6.58. The number of ketones is 1. The zero-order valence-corrected chi connectivity index (χ0v) is 14.5. The highest BCUT2D eigenvalue weighted by Crippen LogP contribution is 2.36. The molecule has 3 aromatic rings. The van der Waals surface area contributed by atoms with Gasteiger partial charge in [-0.2, -0.15) is 0 Å². The molecule has 1 heterocycles. The van der Waals surface area contributed by atoms with E-state index >= 15 is 0 Å². The number of rotatable bonds is 4. The lowest BCUT2D eigenvalue weighted by atomic mass is 9.87. The highest BCUT2D eigenvalue weighted by molar-refractivity contribution is 9.10. The Kier molecular flexibility index (Phi) is 4.53. The van der Waals surface area contributed by atoms with Gasteiger partial charge in [-0.1, -0.05) is 46.3 Å². The van der Waals surface area contributed by atoms with E-state index in [4.69, 9.17) is 4.42 Å². The van der Waals surface area contributed by atoms with E-state index in [2.05, 4.69) is 15.9 Å². The van der Waals surface area contributed by atoms with E-state index in [9.17, 15) is 14.7 Å². The van der Waals surface area contributed by atoms with Crippen molar-refractivity contribution in [2.24, 2.45) is 0 Å². The zero-order valence-electron chi connectivity index (χ0n) is 13.0. The Hall–Kier alpha value is -2.40. The summed E-state index contributed by atoms with van der Waals surface area (Å²) in [5.41, 5.74) is 0.572. The second kappa shape index (κ2) is 6.61. The first-order valence-corrected chi connectivity index (χ1v) is 8.26. The Balaban J connectivity index is 2.28. The van der Waals surface area contributed by atoms with Crippen LogP contribution in [0.15, 0.2) is 62.2 Å². The van der Waals surface area contributed by atoms with Crippen LogP contribution in [0.5, 0.6) is 5.75 Å². The highest BCUT2D eigenvalue weighted by atomic mass is 79.9. The SMILES string of the molecule is CC(=O)C[C@@H](c1ccccc1)c1c(O)c2cc(Br)ccc2oc1=O. The number of aromatic hydroxyl groups is 1. The van der Waals surface area contributed by atoms with Crippen LogP contribution in [0.1, 0.15) is 30.4 Å². The van der Waals surface area contributed by atoms with Crippen molar-refractivity contribution in [1.29, 1.82) is 0 Å². The summed E-state index contributed by atoms with van der Waals surface area (Å²) < 4.78 is 6.12. The maximum atomic E-state index is 12.5. The first kappa shape index (κ1) is 16.5. The first-order chi connectivity index (χ1) is 11.5. The summed E-state index contributed by atoms with van der Waals surface area (Å²) in [5, 5.41) is 11.1. The summed E-state index contributed by atoms with van der Waals surface area (Å²) in [6, 6.07) is 14.2. The summed E-state index contributed by atoms with van der Waals surface area (Å²) in [6.07, 6.45) is 0.113. The summed E-state index contributed by atoms with van der Waals surface area (Å²) >= 11 is 3.35. The van der Waals surface area contributed by atoms with E-state index < -0.39 is 11.5 Å². The number of fused-ring (bicyclic) bond motifs is 1. The molecular weight excluding hydrogens is 372 g/mol. The van der Waals surface area contributed by atoms with Crippen molar-refractivity contribution in [3.8, 4) is 5.75 Å². The van der Waals surface area contributed by atoms with Gasteiger partial charge in [-0.05, 0) is 30.7 Å². The Morgan fingerprint density at radius 1 is 1.21 bits per heavy atom. The summed E-state index contributed by atoms with van der Waals surface area (Å²) in [5.74, 6) is -0.766. The van der Waals surface area contributed by atoms with Crippen LogP contribution < -0.4 is 5.63 Å². The minimum Gasteiger partial charge on any atom is -0.507 e.